The standard InChI is InChI=1S/C16H25ClN2O/c1-15(2)8-12(9-16(3,4)19-15)18-10-11-6-5-7-13(17)14(11)20/h5-7,12,18-20H,8-10H2,1-4H3. The molecule has 0 atom stereocenters. The van der Waals surface area contributed by atoms with Crippen molar-refractivity contribution in [2.45, 2.75) is 64.2 Å². The zero-order valence-electron chi connectivity index (χ0n) is 12.8. The van der Waals surface area contributed by atoms with Crippen molar-refractivity contribution in [1.82, 2.24) is 10.6 Å². The Kier molecular flexibility index (Phi) is 4.33. The van der Waals surface area contributed by atoms with E-state index in [2.05, 4.69) is 38.3 Å². The van der Waals surface area contributed by atoms with Gasteiger partial charge >= 0.3 is 0 Å². The molecule has 20 heavy (non-hydrogen) atoms. The summed E-state index contributed by atoms with van der Waals surface area (Å²) in [7, 11) is 0. The molecule has 0 spiro atoms. The summed E-state index contributed by atoms with van der Waals surface area (Å²) in [5.74, 6) is 0.189. The van der Waals surface area contributed by atoms with Crippen LogP contribution < -0.4 is 10.6 Å². The van der Waals surface area contributed by atoms with Crippen LogP contribution in [-0.4, -0.2) is 22.2 Å². The Morgan fingerprint density at radius 3 is 2.45 bits per heavy atom. The average Bonchev–Trinajstić information content (AvgIpc) is 2.27. The predicted octanol–water partition coefficient (Wildman–Crippen LogP) is 3.44. The van der Waals surface area contributed by atoms with Gasteiger partial charge in [0.05, 0.1) is 5.02 Å². The fraction of sp³-hybridized carbons (Fsp3) is 0.625. The minimum absolute atomic E-state index is 0.121. The van der Waals surface area contributed by atoms with Crippen molar-refractivity contribution in [3.63, 3.8) is 0 Å². The number of hydrogen-bond acceptors (Lipinski definition) is 3. The highest BCUT2D eigenvalue weighted by atomic mass is 35.5. The molecular formula is C16H25ClN2O. The number of benzene rings is 1. The van der Waals surface area contributed by atoms with Crippen molar-refractivity contribution < 1.29 is 5.11 Å². The molecule has 1 aliphatic rings. The first-order valence-corrected chi connectivity index (χ1v) is 7.55. The van der Waals surface area contributed by atoms with Gasteiger partial charge in [-0.3, -0.25) is 0 Å². The number of halogens is 1. The second-order valence-corrected chi connectivity index (χ2v) is 7.53. The fourth-order valence-corrected chi connectivity index (χ4v) is 3.62. The largest absolute Gasteiger partial charge is 0.506 e. The van der Waals surface area contributed by atoms with Gasteiger partial charge in [0.25, 0.3) is 0 Å². The van der Waals surface area contributed by atoms with Crippen molar-refractivity contribution in [2.75, 3.05) is 0 Å². The summed E-state index contributed by atoms with van der Waals surface area (Å²) < 4.78 is 0. The van der Waals surface area contributed by atoms with E-state index < -0.39 is 0 Å². The van der Waals surface area contributed by atoms with E-state index >= 15 is 0 Å². The molecule has 0 bridgehead atoms. The number of hydrogen-bond donors (Lipinski definition) is 3. The lowest BCUT2D eigenvalue weighted by Gasteiger charge is -2.46. The van der Waals surface area contributed by atoms with Crippen molar-refractivity contribution in [1.29, 1.82) is 0 Å². The third-order valence-electron chi connectivity index (χ3n) is 3.84. The lowest BCUT2D eigenvalue weighted by Crippen LogP contribution is -2.61. The van der Waals surface area contributed by atoms with Gasteiger partial charge in [-0.25, -0.2) is 0 Å². The molecule has 0 aliphatic carbocycles. The van der Waals surface area contributed by atoms with Crippen LogP contribution in [0.1, 0.15) is 46.1 Å². The summed E-state index contributed by atoms with van der Waals surface area (Å²) in [6, 6.07) is 5.91. The molecule has 0 saturated carbocycles. The lowest BCUT2D eigenvalue weighted by molar-refractivity contribution is 0.145. The quantitative estimate of drug-likeness (QED) is 0.800. The normalized spacial score (nSPS) is 21.9. The topological polar surface area (TPSA) is 44.3 Å². The van der Waals surface area contributed by atoms with Gasteiger partial charge in [0.2, 0.25) is 0 Å². The molecular weight excluding hydrogens is 272 g/mol. The first kappa shape index (κ1) is 15.6. The van der Waals surface area contributed by atoms with E-state index in [4.69, 9.17) is 11.6 Å². The van der Waals surface area contributed by atoms with Crippen LogP contribution in [0.5, 0.6) is 5.75 Å². The summed E-state index contributed by atoms with van der Waals surface area (Å²) in [6.45, 7) is 9.58. The predicted molar refractivity (Wildman–Crippen MR) is 84.3 cm³/mol. The summed E-state index contributed by atoms with van der Waals surface area (Å²) >= 11 is 5.94. The highest BCUT2D eigenvalue weighted by molar-refractivity contribution is 6.32. The summed E-state index contributed by atoms with van der Waals surface area (Å²) in [5.41, 5.74) is 1.10. The van der Waals surface area contributed by atoms with Gasteiger partial charge < -0.3 is 15.7 Å². The summed E-state index contributed by atoms with van der Waals surface area (Å²) in [6.07, 6.45) is 2.13. The first-order valence-electron chi connectivity index (χ1n) is 7.18. The van der Waals surface area contributed by atoms with E-state index in [0.29, 0.717) is 17.6 Å². The molecule has 1 aromatic carbocycles. The van der Waals surface area contributed by atoms with E-state index in [1.54, 1.807) is 6.07 Å². The van der Waals surface area contributed by atoms with Crippen LogP contribution in [0.4, 0.5) is 0 Å². The number of para-hydroxylation sites is 1. The number of phenolic OH excluding ortho intramolecular Hbond substituents is 1. The molecule has 0 aromatic heterocycles. The van der Waals surface area contributed by atoms with Crippen molar-refractivity contribution in [3.8, 4) is 5.75 Å². The number of phenols is 1. The van der Waals surface area contributed by atoms with E-state index in [1.165, 1.54) is 0 Å². The van der Waals surface area contributed by atoms with Gasteiger partial charge in [-0.05, 0) is 46.6 Å². The third kappa shape index (κ3) is 3.87. The Morgan fingerprint density at radius 1 is 1.25 bits per heavy atom. The first-order chi connectivity index (χ1) is 9.19. The molecule has 112 valence electrons. The van der Waals surface area contributed by atoms with Crippen LogP contribution in [0.15, 0.2) is 18.2 Å². The number of aromatic hydroxyl groups is 1. The lowest BCUT2D eigenvalue weighted by atomic mass is 9.79. The van der Waals surface area contributed by atoms with E-state index in [-0.39, 0.29) is 16.8 Å². The fourth-order valence-electron chi connectivity index (χ4n) is 3.42. The molecule has 0 amide bonds. The van der Waals surface area contributed by atoms with Gasteiger partial charge in [0.1, 0.15) is 5.75 Å². The smallest absolute Gasteiger partial charge is 0.138 e. The molecule has 3 N–H and O–H groups in total. The molecule has 0 unspecified atom stereocenters. The number of piperidine rings is 1. The van der Waals surface area contributed by atoms with Gasteiger partial charge in [-0.2, -0.15) is 0 Å². The van der Waals surface area contributed by atoms with Crippen molar-refractivity contribution >= 4 is 11.6 Å². The molecule has 1 fully saturated rings. The maximum Gasteiger partial charge on any atom is 0.138 e. The Hall–Kier alpha value is -0.770. The third-order valence-corrected chi connectivity index (χ3v) is 4.15. The Bertz CT molecular complexity index is 469. The summed E-state index contributed by atoms with van der Waals surface area (Å²) in [4.78, 5) is 0. The van der Waals surface area contributed by atoms with Crippen LogP contribution in [0.25, 0.3) is 0 Å². The number of rotatable bonds is 3. The highest BCUT2D eigenvalue weighted by Crippen LogP contribution is 2.30. The van der Waals surface area contributed by atoms with Crippen molar-refractivity contribution in [3.05, 3.63) is 28.8 Å². The number of nitrogens with one attached hydrogen (secondary N) is 2. The second kappa shape index (κ2) is 5.55. The molecule has 1 aliphatic heterocycles. The van der Waals surface area contributed by atoms with E-state index in [9.17, 15) is 5.11 Å². The molecule has 0 radical (unpaired) electrons. The maximum atomic E-state index is 9.95. The molecule has 3 nitrogen and oxygen atoms in total. The molecule has 1 heterocycles. The van der Waals surface area contributed by atoms with Gasteiger partial charge in [0.15, 0.2) is 0 Å². The van der Waals surface area contributed by atoms with Crippen LogP contribution in [-0.2, 0) is 6.54 Å². The van der Waals surface area contributed by atoms with Crippen LogP contribution in [0, 0.1) is 0 Å². The van der Waals surface area contributed by atoms with Crippen molar-refractivity contribution in [2.24, 2.45) is 0 Å². The monoisotopic (exact) mass is 296 g/mol. The molecule has 4 heteroatoms. The zero-order valence-corrected chi connectivity index (χ0v) is 13.5. The Morgan fingerprint density at radius 2 is 1.85 bits per heavy atom. The SMILES string of the molecule is CC1(C)CC(NCc2cccc(Cl)c2O)CC(C)(C)N1. The molecule has 1 saturated heterocycles. The van der Waals surface area contributed by atoms with Crippen LogP contribution in [0.2, 0.25) is 5.02 Å². The highest BCUT2D eigenvalue weighted by Gasteiger charge is 2.37. The Balaban J connectivity index is 2.02. The second-order valence-electron chi connectivity index (χ2n) is 7.13. The van der Waals surface area contributed by atoms with E-state index in [0.717, 1.165) is 18.4 Å². The van der Waals surface area contributed by atoms with Crippen LogP contribution >= 0.6 is 11.6 Å². The van der Waals surface area contributed by atoms with Crippen LogP contribution in [0.3, 0.4) is 0 Å². The molecule has 1 aromatic rings. The average molecular weight is 297 g/mol. The molecule has 2 rings (SSSR count). The van der Waals surface area contributed by atoms with E-state index in [1.807, 2.05) is 12.1 Å². The Labute approximate surface area is 126 Å². The minimum Gasteiger partial charge on any atom is -0.506 e. The van der Waals surface area contributed by atoms with Gasteiger partial charge in [-0.15, -0.1) is 0 Å². The zero-order chi connectivity index (χ0) is 15.0. The van der Waals surface area contributed by atoms with Gasteiger partial charge in [0, 0.05) is 29.2 Å². The summed E-state index contributed by atoms with van der Waals surface area (Å²) in [5, 5.41) is 17.6. The maximum absolute atomic E-state index is 9.95. The minimum atomic E-state index is 0.121. The van der Waals surface area contributed by atoms with Gasteiger partial charge in [-0.1, -0.05) is 23.7 Å².